The fraction of sp³-hybridized carbons (Fsp3) is 0.222. The summed E-state index contributed by atoms with van der Waals surface area (Å²) in [4.78, 5) is 25.6. The summed E-state index contributed by atoms with van der Waals surface area (Å²) < 4.78 is 4.59. The molecule has 0 bridgehead atoms. The Morgan fingerprint density at radius 2 is 1.75 bits per heavy atom. The lowest BCUT2D eigenvalue weighted by molar-refractivity contribution is -0.137. The highest BCUT2D eigenvalue weighted by Crippen LogP contribution is 2.33. The van der Waals surface area contributed by atoms with Crippen molar-refractivity contribution in [2.45, 2.75) is 22.0 Å². The Bertz CT molecular complexity index is 692. The number of benzene rings is 2. The monoisotopic (exact) mass is 361 g/mol. The Balaban J connectivity index is 2.01. The molecule has 0 heterocycles. The van der Waals surface area contributed by atoms with E-state index in [-0.39, 0.29) is 22.9 Å². The van der Waals surface area contributed by atoms with Gasteiger partial charge in [-0.05, 0) is 31.2 Å². The highest BCUT2D eigenvalue weighted by molar-refractivity contribution is 8.01. The third-order valence-electron chi connectivity index (χ3n) is 3.16. The summed E-state index contributed by atoms with van der Waals surface area (Å²) in [6.45, 7) is 1.77. The van der Waals surface area contributed by atoms with Crippen LogP contribution in [0.3, 0.4) is 0 Å². The number of esters is 1. The molecular formula is C18H19NO3S2. The standard InChI is InChI=1S/C18H19NO3S2/c1-13(23-12-17(20)22-2)18(21)19-15-10-6-7-11-16(15)24-14-8-4-3-5-9-14/h3-11,13H,12H2,1-2H3,(H,19,21). The quantitative estimate of drug-likeness (QED) is 0.754. The first kappa shape index (κ1) is 18.4. The smallest absolute Gasteiger partial charge is 0.315 e. The molecule has 6 heteroatoms. The van der Waals surface area contributed by atoms with Gasteiger partial charge in [0.05, 0.1) is 23.8 Å². The molecule has 0 radical (unpaired) electrons. The van der Waals surface area contributed by atoms with Crippen LogP contribution in [0.4, 0.5) is 5.69 Å². The second-order valence-electron chi connectivity index (χ2n) is 4.93. The molecule has 0 aliphatic rings. The van der Waals surface area contributed by atoms with Crippen molar-refractivity contribution in [3.05, 3.63) is 54.6 Å². The van der Waals surface area contributed by atoms with Crippen LogP contribution in [0.1, 0.15) is 6.92 Å². The molecule has 2 aromatic rings. The zero-order valence-electron chi connectivity index (χ0n) is 13.5. The molecule has 1 N–H and O–H groups in total. The van der Waals surface area contributed by atoms with Crippen LogP contribution in [0.5, 0.6) is 0 Å². The summed E-state index contributed by atoms with van der Waals surface area (Å²) in [6.07, 6.45) is 0. The van der Waals surface area contributed by atoms with E-state index in [4.69, 9.17) is 0 Å². The van der Waals surface area contributed by atoms with Crippen LogP contribution in [-0.4, -0.2) is 30.0 Å². The highest BCUT2D eigenvalue weighted by atomic mass is 32.2. The molecule has 24 heavy (non-hydrogen) atoms. The first-order chi connectivity index (χ1) is 11.6. The average molecular weight is 361 g/mol. The van der Waals surface area contributed by atoms with E-state index in [1.54, 1.807) is 18.7 Å². The molecular weight excluding hydrogens is 342 g/mol. The molecule has 1 amide bonds. The van der Waals surface area contributed by atoms with Gasteiger partial charge in [0.15, 0.2) is 0 Å². The molecule has 0 saturated heterocycles. The Morgan fingerprint density at radius 3 is 2.46 bits per heavy atom. The van der Waals surface area contributed by atoms with Gasteiger partial charge in [0.25, 0.3) is 0 Å². The van der Waals surface area contributed by atoms with E-state index in [1.165, 1.54) is 18.9 Å². The van der Waals surface area contributed by atoms with Gasteiger partial charge >= 0.3 is 5.97 Å². The second-order valence-corrected chi connectivity index (χ2v) is 7.37. The van der Waals surface area contributed by atoms with E-state index in [1.807, 2.05) is 54.6 Å². The molecule has 2 aromatic carbocycles. The molecule has 2 rings (SSSR count). The van der Waals surface area contributed by atoms with Gasteiger partial charge < -0.3 is 10.1 Å². The molecule has 0 aromatic heterocycles. The minimum atomic E-state index is -0.348. The van der Waals surface area contributed by atoms with Crippen molar-refractivity contribution in [1.29, 1.82) is 0 Å². The largest absolute Gasteiger partial charge is 0.468 e. The van der Waals surface area contributed by atoms with Gasteiger partial charge in [-0.2, -0.15) is 0 Å². The molecule has 4 nitrogen and oxygen atoms in total. The number of para-hydroxylation sites is 1. The normalized spacial score (nSPS) is 11.6. The van der Waals surface area contributed by atoms with Gasteiger partial charge in [0, 0.05) is 9.79 Å². The van der Waals surface area contributed by atoms with Crippen LogP contribution in [0.15, 0.2) is 64.4 Å². The first-order valence-corrected chi connectivity index (χ1v) is 9.28. The number of methoxy groups -OCH3 is 1. The van der Waals surface area contributed by atoms with Crippen molar-refractivity contribution in [2.24, 2.45) is 0 Å². The van der Waals surface area contributed by atoms with E-state index in [0.29, 0.717) is 0 Å². The summed E-state index contributed by atoms with van der Waals surface area (Å²) in [5, 5.41) is 2.59. The molecule has 0 saturated carbocycles. The highest BCUT2D eigenvalue weighted by Gasteiger charge is 2.17. The maximum atomic E-state index is 12.3. The fourth-order valence-corrected chi connectivity index (χ4v) is 3.47. The van der Waals surface area contributed by atoms with Crippen molar-refractivity contribution < 1.29 is 14.3 Å². The number of amides is 1. The minimum Gasteiger partial charge on any atom is -0.468 e. The van der Waals surface area contributed by atoms with E-state index in [0.717, 1.165) is 15.5 Å². The summed E-state index contributed by atoms with van der Waals surface area (Å²) in [5.41, 5.74) is 0.766. The second kappa shape index (κ2) is 9.39. The number of thioether (sulfide) groups is 1. The zero-order valence-corrected chi connectivity index (χ0v) is 15.2. The number of ether oxygens (including phenoxy) is 1. The van der Waals surface area contributed by atoms with Crippen LogP contribution in [-0.2, 0) is 14.3 Å². The Kier molecular flexibility index (Phi) is 7.21. The van der Waals surface area contributed by atoms with Gasteiger partial charge in [-0.15, -0.1) is 11.8 Å². The third kappa shape index (κ3) is 5.62. The molecule has 1 atom stereocenters. The number of carbonyl (C=O) groups is 2. The van der Waals surface area contributed by atoms with Gasteiger partial charge in [-0.1, -0.05) is 42.1 Å². The predicted molar refractivity (Wildman–Crippen MR) is 99.6 cm³/mol. The summed E-state index contributed by atoms with van der Waals surface area (Å²) in [7, 11) is 1.34. The van der Waals surface area contributed by atoms with Crippen LogP contribution < -0.4 is 5.32 Å². The fourth-order valence-electron chi connectivity index (χ4n) is 1.84. The number of hydrogen-bond acceptors (Lipinski definition) is 5. The minimum absolute atomic E-state index is 0.134. The first-order valence-electron chi connectivity index (χ1n) is 7.41. The number of rotatable bonds is 7. The molecule has 0 spiro atoms. The maximum absolute atomic E-state index is 12.3. The Labute approximate surface area is 150 Å². The molecule has 0 fully saturated rings. The number of carbonyl (C=O) groups excluding carboxylic acids is 2. The zero-order chi connectivity index (χ0) is 17.4. The van der Waals surface area contributed by atoms with Crippen LogP contribution in [0, 0.1) is 0 Å². The van der Waals surface area contributed by atoms with Crippen LogP contribution >= 0.6 is 23.5 Å². The summed E-state index contributed by atoms with van der Waals surface area (Å²) in [5.74, 6) is -0.310. The predicted octanol–water partition coefficient (Wildman–Crippen LogP) is 4.07. The van der Waals surface area contributed by atoms with Crippen LogP contribution in [0.2, 0.25) is 0 Å². The average Bonchev–Trinajstić information content (AvgIpc) is 2.61. The maximum Gasteiger partial charge on any atom is 0.315 e. The van der Waals surface area contributed by atoms with Crippen molar-refractivity contribution in [3.63, 3.8) is 0 Å². The van der Waals surface area contributed by atoms with Crippen molar-refractivity contribution >= 4 is 41.1 Å². The lowest BCUT2D eigenvalue weighted by Crippen LogP contribution is -2.24. The molecule has 0 aliphatic carbocycles. The van der Waals surface area contributed by atoms with Gasteiger partial charge in [0.2, 0.25) is 5.91 Å². The summed E-state index contributed by atoms with van der Waals surface area (Å²) in [6, 6.07) is 17.7. The van der Waals surface area contributed by atoms with Gasteiger partial charge in [0.1, 0.15) is 0 Å². The van der Waals surface area contributed by atoms with Gasteiger partial charge in [-0.25, -0.2) is 0 Å². The lowest BCUT2D eigenvalue weighted by Gasteiger charge is -2.14. The number of nitrogens with one attached hydrogen (secondary N) is 1. The Morgan fingerprint density at radius 1 is 1.08 bits per heavy atom. The van der Waals surface area contributed by atoms with E-state index in [9.17, 15) is 9.59 Å². The van der Waals surface area contributed by atoms with Gasteiger partial charge in [-0.3, -0.25) is 9.59 Å². The van der Waals surface area contributed by atoms with Crippen molar-refractivity contribution in [3.8, 4) is 0 Å². The SMILES string of the molecule is COC(=O)CSC(C)C(=O)Nc1ccccc1Sc1ccccc1. The number of hydrogen-bond donors (Lipinski definition) is 1. The van der Waals surface area contributed by atoms with Crippen molar-refractivity contribution in [2.75, 3.05) is 18.2 Å². The molecule has 0 aliphatic heterocycles. The number of anilines is 1. The van der Waals surface area contributed by atoms with E-state index < -0.39 is 0 Å². The molecule has 1 unspecified atom stereocenters. The molecule has 126 valence electrons. The van der Waals surface area contributed by atoms with Crippen molar-refractivity contribution in [1.82, 2.24) is 0 Å². The topological polar surface area (TPSA) is 55.4 Å². The Hall–Kier alpha value is -1.92. The van der Waals surface area contributed by atoms with Crippen LogP contribution in [0.25, 0.3) is 0 Å². The third-order valence-corrected chi connectivity index (χ3v) is 5.36. The van der Waals surface area contributed by atoms with E-state index >= 15 is 0 Å². The summed E-state index contributed by atoms with van der Waals surface area (Å²) >= 11 is 2.85. The lowest BCUT2D eigenvalue weighted by atomic mass is 10.3. The van der Waals surface area contributed by atoms with E-state index in [2.05, 4.69) is 10.1 Å².